The highest BCUT2D eigenvalue weighted by Crippen LogP contribution is 2.33. The molecule has 0 aliphatic carbocycles. The summed E-state index contributed by atoms with van der Waals surface area (Å²) in [6.07, 6.45) is 3.88. The third kappa shape index (κ3) is 2.54. The quantitative estimate of drug-likeness (QED) is 0.770. The molecule has 0 spiro atoms. The average Bonchev–Trinajstić information content (AvgIpc) is 3.29. The zero-order chi connectivity index (χ0) is 16.5. The summed E-state index contributed by atoms with van der Waals surface area (Å²) < 4.78 is 5.41. The van der Waals surface area contributed by atoms with Crippen LogP contribution in [0.3, 0.4) is 0 Å². The Morgan fingerprint density at radius 3 is 3.12 bits per heavy atom. The van der Waals surface area contributed by atoms with E-state index in [4.69, 9.17) is 4.42 Å². The topological polar surface area (TPSA) is 87.1 Å². The SMILES string of the molecule is C[C@@H]1Cc2ccccc2N1Cc1ccoc1C(=O)Nc1ncn[nH]1. The van der Waals surface area contributed by atoms with Crippen LogP contribution in [-0.4, -0.2) is 27.1 Å². The Kier molecular flexibility index (Phi) is 3.53. The maximum atomic E-state index is 12.4. The Balaban J connectivity index is 1.56. The van der Waals surface area contributed by atoms with Gasteiger partial charge in [-0.1, -0.05) is 18.2 Å². The van der Waals surface area contributed by atoms with Crippen LogP contribution < -0.4 is 10.2 Å². The van der Waals surface area contributed by atoms with Crippen LogP contribution in [0.4, 0.5) is 11.6 Å². The van der Waals surface area contributed by atoms with Crippen molar-refractivity contribution < 1.29 is 9.21 Å². The van der Waals surface area contributed by atoms with Gasteiger partial charge < -0.3 is 9.32 Å². The van der Waals surface area contributed by atoms with Crippen molar-refractivity contribution in [3.05, 3.63) is 59.8 Å². The van der Waals surface area contributed by atoms with Gasteiger partial charge in [0, 0.05) is 23.8 Å². The first kappa shape index (κ1) is 14.5. The summed E-state index contributed by atoms with van der Waals surface area (Å²) in [5.41, 5.74) is 3.39. The molecule has 0 saturated carbocycles. The fourth-order valence-corrected chi connectivity index (χ4v) is 3.14. The molecule has 1 atom stereocenters. The number of anilines is 2. The van der Waals surface area contributed by atoms with E-state index in [1.807, 2.05) is 12.1 Å². The molecule has 0 radical (unpaired) electrons. The molecule has 24 heavy (non-hydrogen) atoms. The van der Waals surface area contributed by atoms with Gasteiger partial charge >= 0.3 is 0 Å². The van der Waals surface area contributed by atoms with Crippen LogP contribution in [0.1, 0.15) is 28.6 Å². The highest BCUT2D eigenvalue weighted by atomic mass is 16.3. The molecule has 1 aliphatic rings. The first-order valence-electron chi connectivity index (χ1n) is 7.80. The van der Waals surface area contributed by atoms with Crippen molar-refractivity contribution in [1.82, 2.24) is 15.2 Å². The number of fused-ring (bicyclic) bond motifs is 1. The minimum Gasteiger partial charge on any atom is -0.459 e. The fourth-order valence-electron chi connectivity index (χ4n) is 3.14. The van der Waals surface area contributed by atoms with Crippen LogP contribution in [-0.2, 0) is 13.0 Å². The molecule has 2 aromatic heterocycles. The largest absolute Gasteiger partial charge is 0.459 e. The van der Waals surface area contributed by atoms with E-state index in [-0.39, 0.29) is 5.91 Å². The number of carbonyl (C=O) groups is 1. The van der Waals surface area contributed by atoms with Gasteiger partial charge in [-0.3, -0.25) is 10.1 Å². The van der Waals surface area contributed by atoms with Gasteiger partial charge in [-0.2, -0.15) is 10.1 Å². The molecular weight excluding hydrogens is 306 g/mol. The lowest BCUT2D eigenvalue weighted by molar-refractivity contribution is 0.0994. The van der Waals surface area contributed by atoms with Crippen LogP contribution in [0.5, 0.6) is 0 Å². The molecule has 1 amide bonds. The van der Waals surface area contributed by atoms with Crippen molar-refractivity contribution in [2.75, 3.05) is 10.2 Å². The van der Waals surface area contributed by atoms with Crippen molar-refractivity contribution >= 4 is 17.5 Å². The van der Waals surface area contributed by atoms with Crippen LogP contribution >= 0.6 is 0 Å². The number of aromatic nitrogens is 3. The number of furan rings is 1. The fraction of sp³-hybridized carbons (Fsp3) is 0.235. The lowest BCUT2D eigenvalue weighted by Gasteiger charge is -2.24. The van der Waals surface area contributed by atoms with Crippen LogP contribution in [0.15, 0.2) is 47.3 Å². The van der Waals surface area contributed by atoms with Crippen molar-refractivity contribution in [3.63, 3.8) is 0 Å². The van der Waals surface area contributed by atoms with E-state index in [1.54, 1.807) is 0 Å². The summed E-state index contributed by atoms with van der Waals surface area (Å²) in [5.74, 6) is 0.247. The number of aromatic amines is 1. The van der Waals surface area contributed by atoms with Gasteiger partial charge in [0.15, 0.2) is 5.76 Å². The average molecular weight is 323 g/mol. The summed E-state index contributed by atoms with van der Waals surface area (Å²) in [6, 6.07) is 10.6. The molecular formula is C17H17N5O2. The smallest absolute Gasteiger partial charge is 0.294 e. The molecule has 0 fully saturated rings. The maximum Gasteiger partial charge on any atom is 0.294 e. The van der Waals surface area contributed by atoms with Gasteiger partial charge in [-0.05, 0) is 31.0 Å². The normalized spacial score (nSPS) is 16.2. The van der Waals surface area contributed by atoms with Gasteiger partial charge in [-0.15, -0.1) is 0 Å². The Bertz CT molecular complexity index is 856. The van der Waals surface area contributed by atoms with Crippen molar-refractivity contribution in [2.24, 2.45) is 0 Å². The minimum absolute atomic E-state index is 0.294. The highest BCUT2D eigenvalue weighted by molar-refractivity contribution is 6.02. The lowest BCUT2D eigenvalue weighted by Crippen LogP contribution is -2.29. The Morgan fingerprint density at radius 2 is 2.29 bits per heavy atom. The van der Waals surface area contributed by atoms with Gasteiger partial charge in [-0.25, -0.2) is 5.10 Å². The van der Waals surface area contributed by atoms with Crippen molar-refractivity contribution in [3.8, 4) is 0 Å². The Morgan fingerprint density at radius 1 is 1.42 bits per heavy atom. The standard InChI is InChI=1S/C17H17N5O2/c1-11-8-12-4-2-3-5-14(12)22(11)9-13-6-7-24-15(13)16(23)20-17-18-10-19-21-17/h2-7,10-11H,8-9H2,1H3,(H2,18,19,20,21,23)/t11-/m1/s1. The number of nitrogens with zero attached hydrogens (tertiary/aromatic N) is 3. The molecule has 1 aliphatic heterocycles. The second-order valence-electron chi connectivity index (χ2n) is 5.87. The number of amides is 1. The summed E-state index contributed by atoms with van der Waals surface area (Å²) >= 11 is 0. The van der Waals surface area contributed by atoms with E-state index >= 15 is 0 Å². The van der Waals surface area contributed by atoms with Crippen LogP contribution in [0, 0.1) is 0 Å². The molecule has 3 heterocycles. The van der Waals surface area contributed by atoms with Gasteiger partial charge in [0.25, 0.3) is 5.91 Å². The van der Waals surface area contributed by atoms with Crippen LogP contribution in [0.2, 0.25) is 0 Å². The van der Waals surface area contributed by atoms with E-state index in [0.29, 0.717) is 24.3 Å². The molecule has 4 rings (SSSR count). The van der Waals surface area contributed by atoms with E-state index in [1.165, 1.54) is 23.8 Å². The molecule has 7 nitrogen and oxygen atoms in total. The number of rotatable bonds is 4. The zero-order valence-corrected chi connectivity index (χ0v) is 13.2. The summed E-state index contributed by atoms with van der Waals surface area (Å²) in [7, 11) is 0. The summed E-state index contributed by atoms with van der Waals surface area (Å²) in [5, 5.41) is 8.94. The number of hydrogen-bond acceptors (Lipinski definition) is 5. The monoisotopic (exact) mass is 323 g/mol. The van der Waals surface area contributed by atoms with Gasteiger partial charge in [0.05, 0.1) is 6.26 Å². The number of benzene rings is 1. The molecule has 0 saturated heterocycles. The van der Waals surface area contributed by atoms with Crippen molar-refractivity contribution in [2.45, 2.75) is 25.9 Å². The number of H-pyrrole nitrogens is 1. The van der Waals surface area contributed by atoms with E-state index in [2.05, 4.69) is 50.5 Å². The van der Waals surface area contributed by atoms with Crippen molar-refractivity contribution in [1.29, 1.82) is 0 Å². The van der Waals surface area contributed by atoms with Crippen LogP contribution in [0.25, 0.3) is 0 Å². The lowest BCUT2D eigenvalue weighted by atomic mass is 10.1. The zero-order valence-electron chi connectivity index (χ0n) is 13.2. The number of para-hydroxylation sites is 1. The summed E-state index contributed by atoms with van der Waals surface area (Å²) in [4.78, 5) is 18.6. The second kappa shape index (κ2) is 5.84. The highest BCUT2D eigenvalue weighted by Gasteiger charge is 2.27. The van der Waals surface area contributed by atoms with E-state index in [0.717, 1.165) is 12.0 Å². The molecule has 1 aromatic carbocycles. The predicted molar refractivity (Wildman–Crippen MR) is 88.8 cm³/mol. The first-order valence-corrected chi connectivity index (χ1v) is 7.80. The molecule has 0 bridgehead atoms. The van der Waals surface area contributed by atoms with Gasteiger partial charge in [0.2, 0.25) is 5.95 Å². The third-order valence-electron chi connectivity index (χ3n) is 4.29. The second-order valence-corrected chi connectivity index (χ2v) is 5.87. The predicted octanol–water partition coefficient (Wildman–Crippen LogP) is 2.60. The van der Waals surface area contributed by atoms with E-state index in [9.17, 15) is 4.79 Å². The van der Waals surface area contributed by atoms with Gasteiger partial charge in [0.1, 0.15) is 6.33 Å². The number of nitrogens with one attached hydrogen (secondary N) is 2. The number of carbonyl (C=O) groups excluding carboxylic acids is 1. The maximum absolute atomic E-state index is 12.4. The third-order valence-corrected chi connectivity index (χ3v) is 4.29. The summed E-state index contributed by atoms with van der Waals surface area (Å²) in [6.45, 7) is 2.81. The molecule has 0 unspecified atom stereocenters. The Hall–Kier alpha value is -3.09. The first-order chi connectivity index (χ1) is 11.7. The molecule has 2 N–H and O–H groups in total. The molecule has 7 heteroatoms. The van der Waals surface area contributed by atoms with E-state index < -0.39 is 0 Å². The minimum atomic E-state index is -0.341. The number of hydrogen-bond donors (Lipinski definition) is 2. The molecule has 122 valence electrons. The Labute approximate surface area is 138 Å². The molecule has 3 aromatic rings.